The van der Waals surface area contributed by atoms with E-state index in [9.17, 15) is 13.2 Å². The average molecular weight is 376 g/mol. The van der Waals surface area contributed by atoms with Crippen molar-refractivity contribution in [1.82, 2.24) is 10.0 Å². The van der Waals surface area contributed by atoms with Crippen LogP contribution in [0.15, 0.2) is 58.1 Å². The third kappa shape index (κ3) is 6.16. The van der Waals surface area contributed by atoms with Gasteiger partial charge in [0, 0.05) is 12.1 Å². The quantitative estimate of drug-likeness (QED) is 0.658. The molecule has 0 saturated heterocycles. The smallest absolute Gasteiger partial charge is 0.244 e. The van der Waals surface area contributed by atoms with Crippen molar-refractivity contribution in [3.8, 4) is 0 Å². The molecule has 0 saturated carbocycles. The Bertz CT molecular complexity index is 825. The molecule has 1 unspecified atom stereocenters. The average Bonchev–Trinajstić information content (AvgIpc) is 3.12. The lowest BCUT2D eigenvalue weighted by Crippen LogP contribution is -2.30. The molecule has 0 radical (unpaired) electrons. The number of hydrogen-bond acceptors (Lipinski definition) is 4. The Kier molecular flexibility index (Phi) is 7.17. The van der Waals surface area contributed by atoms with Gasteiger partial charge in [-0.1, -0.05) is 25.5 Å². The third-order valence-corrected chi connectivity index (χ3v) is 5.16. The standard InChI is InChI=1S/C19H24N2O4S/c1-3-5-15(2)21-19(22)12-9-16-7-10-18(11-8-16)26(23,24)20-14-17-6-4-13-25-17/h4,6-13,15,20H,3,5,14H2,1-2H3,(H,21,22)/b12-9+. The van der Waals surface area contributed by atoms with Crippen molar-refractivity contribution in [2.45, 2.75) is 44.2 Å². The molecule has 2 rings (SSSR count). The van der Waals surface area contributed by atoms with Gasteiger partial charge in [0.1, 0.15) is 5.76 Å². The number of hydrogen-bond donors (Lipinski definition) is 2. The van der Waals surface area contributed by atoms with Gasteiger partial charge in [0.15, 0.2) is 0 Å². The summed E-state index contributed by atoms with van der Waals surface area (Å²) in [4.78, 5) is 12.0. The third-order valence-electron chi connectivity index (χ3n) is 3.74. The van der Waals surface area contributed by atoms with Gasteiger partial charge in [-0.2, -0.15) is 0 Å². The van der Waals surface area contributed by atoms with Crippen LogP contribution in [0.4, 0.5) is 0 Å². The summed E-state index contributed by atoms with van der Waals surface area (Å²) in [6.07, 6.45) is 6.53. The monoisotopic (exact) mass is 376 g/mol. The van der Waals surface area contributed by atoms with Gasteiger partial charge >= 0.3 is 0 Å². The lowest BCUT2D eigenvalue weighted by atomic mass is 10.2. The molecular weight excluding hydrogens is 352 g/mol. The van der Waals surface area contributed by atoms with Crippen LogP contribution in [0.25, 0.3) is 6.08 Å². The molecule has 0 spiro atoms. The lowest BCUT2D eigenvalue weighted by Gasteiger charge is -2.10. The molecule has 6 nitrogen and oxygen atoms in total. The summed E-state index contributed by atoms with van der Waals surface area (Å²) in [5.74, 6) is 0.374. The summed E-state index contributed by atoms with van der Waals surface area (Å²) < 4.78 is 32.1. The van der Waals surface area contributed by atoms with E-state index in [0.29, 0.717) is 5.76 Å². The maximum Gasteiger partial charge on any atom is 0.244 e. The highest BCUT2D eigenvalue weighted by atomic mass is 32.2. The second-order valence-corrected chi connectivity index (χ2v) is 7.77. The molecular formula is C19H24N2O4S. The first-order chi connectivity index (χ1) is 12.4. The number of furan rings is 1. The summed E-state index contributed by atoms with van der Waals surface area (Å²) in [5.41, 5.74) is 0.744. The first kappa shape index (κ1) is 19.9. The molecule has 1 heterocycles. The van der Waals surface area contributed by atoms with E-state index in [0.717, 1.165) is 18.4 Å². The molecule has 1 amide bonds. The van der Waals surface area contributed by atoms with E-state index in [1.54, 1.807) is 30.3 Å². The SMILES string of the molecule is CCCC(C)NC(=O)/C=C/c1ccc(S(=O)(=O)NCc2ccco2)cc1. The molecule has 0 fully saturated rings. The molecule has 1 atom stereocenters. The predicted molar refractivity (Wildman–Crippen MR) is 101 cm³/mol. The summed E-state index contributed by atoms with van der Waals surface area (Å²) in [7, 11) is -3.62. The summed E-state index contributed by atoms with van der Waals surface area (Å²) in [6.45, 7) is 4.12. The van der Waals surface area contributed by atoms with Crippen LogP contribution in [0.3, 0.4) is 0 Å². The fourth-order valence-corrected chi connectivity index (χ4v) is 3.38. The van der Waals surface area contributed by atoms with E-state index in [2.05, 4.69) is 17.0 Å². The molecule has 1 aromatic heterocycles. The van der Waals surface area contributed by atoms with Gasteiger partial charge in [-0.05, 0) is 49.2 Å². The minimum atomic E-state index is -3.62. The molecule has 7 heteroatoms. The second-order valence-electron chi connectivity index (χ2n) is 6.00. The minimum absolute atomic E-state index is 0.0904. The number of sulfonamides is 1. The Balaban J connectivity index is 1.94. The highest BCUT2D eigenvalue weighted by Crippen LogP contribution is 2.12. The Labute approximate surface area is 154 Å². The normalized spacial score (nSPS) is 13.0. The van der Waals surface area contributed by atoms with Crippen LogP contribution in [0.2, 0.25) is 0 Å². The zero-order chi connectivity index (χ0) is 19.0. The fraction of sp³-hybridized carbons (Fsp3) is 0.316. The molecule has 0 aliphatic rings. The predicted octanol–water partition coefficient (Wildman–Crippen LogP) is 3.08. The van der Waals surface area contributed by atoms with E-state index in [1.807, 2.05) is 6.92 Å². The van der Waals surface area contributed by atoms with Crippen LogP contribution in [-0.4, -0.2) is 20.4 Å². The van der Waals surface area contributed by atoms with Crippen molar-refractivity contribution < 1.29 is 17.6 Å². The maximum absolute atomic E-state index is 12.3. The number of nitrogens with one attached hydrogen (secondary N) is 2. The van der Waals surface area contributed by atoms with Crippen LogP contribution in [0, 0.1) is 0 Å². The van der Waals surface area contributed by atoms with Gasteiger partial charge in [0.05, 0.1) is 17.7 Å². The van der Waals surface area contributed by atoms with E-state index in [-0.39, 0.29) is 23.4 Å². The van der Waals surface area contributed by atoms with Crippen molar-refractivity contribution in [2.75, 3.05) is 0 Å². The topological polar surface area (TPSA) is 88.4 Å². The van der Waals surface area contributed by atoms with E-state index >= 15 is 0 Å². The van der Waals surface area contributed by atoms with Gasteiger partial charge in [-0.15, -0.1) is 0 Å². The van der Waals surface area contributed by atoms with E-state index in [1.165, 1.54) is 24.5 Å². The van der Waals surface area contributed by atoms with E-state index < -0.39 is 10.0 Å². The zero-order valence-electron chi connectivity index (χ0n) is 14.9. The van der Waals surface area contributed by atoms with Crippen molar-refractivity contribution in [2.24, 2.45) is 0 Å². The number of carbonyl (C=O) groups excluding carboxylic acids is 1. The van der Waals surface area contributed by atoms with Gasteiger partial charge in [0.2, 0.25) is 15.9 Å². The molecule has 2 N–H and O–H groups in total. The fourth-order valence-electron chi connectivity index (χ4n) is 2.39. The Morgan fingerprint density at radius 3 is 2.58 bits per heavy atom. The summed E-state index contributed by atoms with van der Waals surface area (Å²) >= 11 is 0. The zero-order valence-corrected chi connectivity index (χ0v) is 15.8. The lowest BCUT2D eigenvalue weighted by molar-refractivity contribution is -0.117. The van der Waals surface area contributed by atoms with Crippen LogP contribution in [0.1, 0.15) is 38.0 Å². The van der Waals surface area contributed by atoms with Crippen LogP contribution >= 0.6 is 0 Å². The van der Waals surface area contributed by atoms with Crippen LogP contribution < -0.4 is 10.0 Å². The van der Waals surface area contributed by atoms with Crippen molar-refractivity contribution in [3.05, 3.63) is 60.1 Å². The van der Waals surface area contributed by atoms with E-state index in [4.69, 9.17) is 4.42 Å². The molecule has 1 aromatic carbocycles. The molecule has 0 bridgehead atoms. The van der Waals surface area contributed by atoms with Crippen molar-refractivity contribution in [1.29, 1.82) is 0 Å². The number of amides is 1. The minimum Gasteiger partial charge on any atom is -0.468 e. The Morgan fingerprint density at radius 1 is 1.23 bits per heavy atom. The van der Waals surface area contributed by atoms with Gasteiger partial charge in [0.25, 0.3) is 0 Å². The summed E-state index contributed by atoms with van der Waals surface area (Å²) in [6, 6.07) is 9.84. The Morgan fingerprint density at radius 2 is 1.96 bits per heavy atom. The largest absolute Gasteiger partial charge is 0.468 e. The molecule has 0 aliphatic carbocycles. The van der Waals surface area contributed by atoms with Crippen LogP contribution in [0.5, 0.6) is 0 Å². The van der Waals surface area contributed by atoms with Gasteiger partial charge in [-0.3, -0.25) is 4.79 Å². The van der Waals surface area contributed by atoms with Gasteiger partial charge in [-0.25, -0.2) is 13.1 Å². The molecule has 140 valence electrons. The molecule has 0 aliphatic heterocycles. The number of rotatable bonds is 9. The highest BCUT2D eigenvalue weighted by Gasteiger charge is 2.14. The summed E-state index contributed by atoms with van der Waals surface area (Å²) in [5, 5.41) is 2.88. The van der Waals surface area contributed by atoms with Crippen LogP contribution in [-0.2, 0) is 21.4 Å². The first-order valence-corrected chi connectivity index (χ1v) is 9.99. The van der Waals surface area contributed by atoms with Crippen molar-refractivity contribution >= 4 is 22.0 Å². The van der Waals surface area contributed by atoms with Gasteiger partial charge < -0.3 is 9.73 Å². The number of benzene rings is 1. The molecule has 26 heavy (non-hydrogen) atoms. The second kappa shape index (κ2) is 9.35. The first-order valence-electron chi connectivity index (χ1n) is 8.51. The molecule has 2 aromatic rings. The maximum atomic E-state index is 12.3. The van der Waals surface area contributed by atoms with Crippen molar-refractivity contribution in [3.63, 3.8) is 0 Å². The Hall–Kier alpha value is -2.38. The number of carbonyl (C=O) groups is 1. The highest BCUT2D eigenvalue weighted by molar-refractivity contribution is 7.89.